The van der Waals surface area contributed by atoms with Gasteiger partial charge in [-0.3, -0.25) is 0 Å². The Balaban J connectivity index is 1.98. The van der Waals surface area contributed by atoms with Crippen molar-refractivity contribution in [2.24, 2.45) is 0 Å². The molecule has 2 aromatic rings. The third kappa shape index (κ3) is 5.30. The average molecular weight is 354 g/mol. The zero-order valence-corrected chi connectivity index (χ0v) is 13.6. The fourth-order valence-electron chi connectivity index (χ4n) is 2.12. The Labute approximate surface area is 142 Å². The Hall–Kier alpha value is -2.90. The van der Waals surface area contributed by atoms with Crippen LogP contribution in [0.2, 0.25) is 0 Å². The number of aryl methyl sites for hydroxylation is 1. The third-order valence-corrected chi connectivity index (χ3v) is 3.31. The lowest BCUT2D eigenvalue weighted by atomic mass is 10.1. The first-order valence-electron chi connectivity index (χ1n) is 7.31. The van der Waals surface area contributed by atoms with Crippen LogP contribution in [0, 0.1) is 12.7 Å². The van der Waals surface area contributed by atoms with Crippen LogP contribution in [0.15, 0.2) is 36.4 Å². The van der Waals surface area contributed by atoms with E-state index < -0.39 is 12.6 Å². The molecule has 0 radical (unpaired) electrons. The second kappa shape index (κ2) is 8.27. The van der Waals surface area contributed by atoms with E-state index in [4.69, 9.17) is 4.74 Å². The number of amides is 2. The van der Waals surface area contributed by atoms with Crippen molar-refractivity contribution < 1.29 is 27.4 Å². The highest BCUT2D eigenvalue weighted by atomic mass is 19.3. The molecule has 8 heteroatoms. The summed E-state index contributed by atoms with van der Waals surface area (Å²) in [7, 11) is 1.32. The molecule has 0 unspecified atom stereocenters. The van der Waals surface area contributed by atoms with Gasteiger partial charge in [-0.1, -0.05) is 12.1 Å². The molecule has 2 aromatic carbocycles. The number of ether oxygens (including phenoxy) is 2. The Morgan fingerprint density at radius 3 is 2.56 bits per heavy atom. The number of urea groups is 1. The molecule has 0 heterocycles. The number of benzene rings is 2. The average Bonchev–Trinajstić information content (AvgIpc) is 2.56. The first kappa shape index (κ1) is 18.4. The number of hydrogen-bond acceptors (Lipinski definition) is 3. The van der Waals surface area contributed by atoms with Gasteiger partial charge < -0.3 is 20.1 Å². The predicted molar refractivity (Wildman–Crippen MR) is 86.6 cm³/mol. The van der Waals surface area contributed by atoms with Gasteiger partial charge in [0.15, 0.2) is 11.5 Å². The molecular formula is C17H17F3N2O3. The van der Waals surface area contributed by atoms with Gasteiger partial charge in [-0.25, -0.2) is 9.18 Å². The van der Waals surface area contributed by atoms with Crippen molar-refractivity contribution in [3.8, 4) is 11.5 Å². The fraction of sp³-hybridized carbons (Fsp3) is 0.235. The van der Waals surface area contributed by atoms with E-state index in [0.29, 0.717) is 5.56 Å². The molecule has 134 valence electrons. The van der Waals surface area contributed by atoms with E-state index in [-0.39, 0.29) is 29.5 Å². The van der Waals surface area contributed by atoms with E-state index in [1.807, 2.05) is 0 Å². The fourth-order valence-corrected chi connectivity index (χ4v) is 2.12. The van der Waals surface area contributed by atoms with Gasteiger partial charge >= 0.3 is 12.6 Å². The molecule has 2 N–H and O–H groups in total. The number of hydrogen-bond donors (Lipinski definition) is 2. The Kier molecular flexibility index (Phi) is 6.10. The lowest BCUT2D eigenvalue weighted by Crippen LogP contribution is -2.28. The molecular weight excluding hydrogens is 337 g/mol. The van der Waals surface area contributed by atoms with Crippen LogP contribution in [0.4, 0.5) is 23.7 Å². The van der Waals surface area contributed by atoms with Gasteiger partial charge in [0.05, 0.1) is 7.11 Å². The minimum atomic E-state index is -3.01. The van der Waals surface area contributed by atoms with Crippen molar-refractivity contribution in [1.29, 1.82) is 0 Å². The molecule has 0 saturated heterocycles. The number of alkyl halides is 2. The zero-order chi connectivity index (χ0) is 18.4. The summed E-state index contributed by atoms with van der Waals surface area (Å²) in [6.45, 7) is -1.20. The van der Waals surface area contributed by atoms with E-state index in [1.165, 1.54) is 31.4 Å². The number of carbonyl (C=O) groups is 1. The maximum Gasteiger partial charge on any atom is 0.387 e. The van der Waals surface area contributed by atoms with Crippen molar-refractivity contribution in [1.82, 2.24) is 5.32 Å². The van der Waals surface area contributed by atoms with E-state index >= 15 is 0 Å². The minimum absolute atomic E-state index is 0.119. The summed E-state index contributed by atoms with van der Waals surface area (Å²) in [5, 5.41) is 5.09. The van der Waals surface area contributed by atoms with Gasteiger partial charge in [0.25, 0.3) is 0 Å². The Bertz CT molecular complexity index is 754. The quantitative estimate of drug-likeness (QED) is 0.822. The Morgan fingerprint density at radius 2 is 1.92 bits per heavy atom. The van der Waals surface area contributed by atoms with Gasteiger partial charge in [0.1, 0.15) is 5.82 Å². The summed E-state index contributed by atoms with van der Waals surface area (Å²) in [5.74, 6) is -0.393. The van der Waals surface area contributed by atoms with Crippen molar-refractivity contribution in [2.45, 2.75) is 20.1 Å². The summed E-state index contributed by atoms with van der Waals surface area (Å²) in [6, 6.07) is 8.07. The van der Waals surface area contributed by atoms with Gasteiger partial charge in [-0.05, 0) is 36.2 Å². The van der Waals surface area contributed by atoms with Gasteiger partial charge in [-0.15, -0.1) is 0 Å². The van der Waals surface area contributed by atoms with Crippen LogP contribution < -0.4 is 20.1 Å². The normalized spacial score (nSPS) is 10.5. The van der Waals surface area contributed by atoms with Gasteiger partial charge in [0.2, 0.25) is 0 Å². The lowest BCUT2D eigenvalue weighted by molar-refractivity contribution is -0.0511. The van der Waals surface area contributed by atoms with E-state index in [0.717, 1.165) is 5.56 Å². The van der Waals surface area contributed by atoms with E-state index in [2.05, 4.69) is 15.4 Å². The number of anilines is 1. The molecule has 2 rings (SSSR count). The molecule has 0 aliphatic rings. The maximum atomic E-state index is 13.2. The molecule has 0 aliphatic carbocycles. The van der Waals surface area contributed by atoms with Crippen LogP contribution >= 0.6 is 0 Å². The topological polar surface area (TPSA) is 59.6 Å². The molecule has 0 saturated carbocycles. The highest BCUT2D eigenvalue weighted by molar-refractivity contribution is 5.89. The van der Waals surface area contributed by atoms with Crippen molar-refractivity contribution in [3.63, 3.8) is 0 Å². The molecule has 2 amide bonds. The summed E-state index contributed by atoms with van der Waals surface area (Å²) >= 11 is 0. The van der Waals surface area contributed by atoms with Gasteiger partial charge in [-0.2, -0.15) is 8.78 Å². The molecule has 5 nitrogen and oxygen atoms in total. The van der Waals surface area contributed by atoms with Crippen LogP contribution in [0.3, 0.4) is 0 Å². The number of halogens is 3. The highest BCUT2D eigenvalue weighted by Crippen LogP contribution is 2.31. The number of rotatable bonds is 6. The van der Waals surface area contributed by atoms with Crippen LogP contribution in [-0.4, -0.2) is 19.8 Å². The van der Waals surface area contributed by atoms with Crippen molar-refractivity contribution >= 4 is 11.7 Å². The number of carbonyl (C=O) groups excluding carboxylic acids is 1. The standard InChI is InChI=1S/C17H17F3N2O3/c1-10-7-11(3-5-13(10)18)9-21-17(23)22-12-4-6-14(24-2)15(8-12)25-16(19)20/h3-8,16H,9H2,1-2H3,(H2,21,22,23). The third-order valence-electron chi connectivity index (χ3n) is 3.31. The maximum absolute atomic E-state index is 13.2. The SMILES string of the molecule is COc1ccc(NC(=O)NCc2ccc(F)c(C)c2)cc1OC(F)F. The molecule has 0 aromatic heterocycles. The predicted octanol–water partition coefficient (Wildman–Crippen LogP) is 4.07. The molecule has 0 fully saturated rings. The second-order valence-electron chi connectivity index (χ2n) is 5.14. The molecule has 0 atom stereocenters. The number of nitrogens with one attached hydrogen (secondary N) is 2. The molecule has 25 heavy (non-hydrogen) atoms. The van der Waals surface area contributed by atoms with Gasteiger partial charge in [0, 0.05) is 18.3 Å². The highest BCUT2D eigenvalue weighted by Gasteiger charge is 2.12. The van der Waals surface area contributed by atoms with Crippen LogP contribution in [0.5, 0.6) is 11.5 Å². The molecule has 0 bridgehead atoms. The summed E-state index contributed by atoms with van der Waals surface area (Å²) in [5.41, 5.74) is 1.46. The first-order valence-corrected chi connectivity index (χ1v) is 7.31. The smallest absolute Gasteiger partial charge is 0.387 e. The molecule has 0 spiro atoms. The van der Waals surface area contributed by atoms with Crippen LogP contribution in [-0.2, 0) is 6.54 Å². The van der Waals surface area contributed by atoms with Crippen LogP contribution in [0.25, 0.3) is 0 Å². The van der Waals surface area contributed by atoms with Crippen molar-refractivity contribution in [3.05, 3.63) is 53.3 Å². The second-order valence-corrected chi connectivity index (χ2v) is 5.14. The van der Waals surface area contributed by atoms with E-state index in [9.17, 15) is 18.0 Å². The monoisotopic (exact) mass is 354 g/mol. The summed E-state index contributed by atoms with van der Waals surface area (Å²) in [4.78, 5) is 11.9. The van der Waals surface area contributed by atoms with E-state index in [1.54, 1.807) is 19.1 Å². The number of methoxy groups -OCH3 is 1. The minimum Gasteiger partial charge on any atom is -0.493 e. The first-order chi connectivity index (χ1) is 11.9. The van der Waals surface area contributed by atoms with Crippen molar-refractivity contribution in [2.75, 3.05) is 12.4 Å². The largest absolute Gasteiger partial charge is 0.493 e. The molecule has 0 aliphatic heterocycles. The zero-order valence-electron chi connectivity index (χ0n) is 13.6. The van der Waals surface area contributed by atoms with Crippen LogP contribution in [0.1, 0.15) is 11.1 Å². The summed E-state index contributed by atoms with van der Waals surface area (Å²) in [6.07, 6.45) is 0. The Morgan fingerprint density at radius 1 is 1.16 bits per heavy atom. The summed E-state index contributed by atoms with van der Waals surface area (Å²) < 4.78 is 47.3. The lowest BCUT2D eigenvalue weighted by Gasteiger charge is -2.13.